The van der Waals surface area contributed by atoms with Gasteiger partial charge in [-0.1, -0.05) is 36.4 Å². The van der Waals surface area contributed by atoms with Crippen molar-refractivity contribution in [2.45, 2.75) is 26.8 Å². The highest BCUT2D eigenvalue weighted by atomic mass is 32.2. The summed E-state index contributed by atoms with van der Waals surface area (Å²) < 4.78 is 25.6. The fraction of sp³-hybridized carbons (Fsp3) is 0.316. The maximum Gasteiger partial charge on any atom is 0.239 e. The van der Waals surface area contributed by atoms with Crippen molar-refractivity contribution in [1.29, 1.82) is 0 Å². The van der Waals surface area contributed by atoms with Gasteiger partial charge >= 0.3 is 0 Å². The van der Waals surface area contributed by atoms with E-state index in [0.29, 0.717) is 5.69 Å². The molecule has 2 aromatic carbocycles. The predicted molar refractivity (Wildman–Crippen MR) is 101 cm³/mol. The third kappa shape index (κ3) is 5.14. The molecule has 5 nitrogen and oxygen atoms in total. The summed E-state index contributed by atoms with van der Waals surface area (Å²) in [5.74, 6) is -0.364. The minimum absolute atomic E-state index is 0.234. The van der Waals surface area contributed by atoms with Crippen LogP contribution in [-0.2, 0) is 14.8 Å². The largest absolute Gasteiger partial charge is 0.325 e. The molecule has 0 heterocycles. The van der Waals surface area contributed by atoms with Gasteiger partial charge in [0.05, 0.1) is 12.8 Å². The van der Waals surface area contributed by atoms with Gasteiger partial charge in [-0.25, -0.2) is 8.42 Å². The van der Waals surface area contributed by atoms with Gasteiger partial charge in [0.25, 0.3) is 0 Å². The fourth-order valence-corrected chi connectivity index (χ4v) is 3.65. The number of carbonyl (C=O) groups is 1. The van der Waals surface area contributed by atoms with Crippen molar-refractivity contribution in [3.63, 3.8) is 0 Å². The Morgan fingerprint density at radius 3 is 2.28 bits per heavy atom. The Balaban J connectivity index is 2.17. The summed E-state index contributed by atoms with van der Waals surface area (Å²) in [7, 11) is -3.54. The Morgan fingerprint density at radius 1 is 1.08 bits per heavy atom. The summed E-state index contributed by atoms with van der Waals surface area (Å²) in [6.45, 7) is 5.50. The van der Waals surface area contributed by atoms with Gasteiger partial charge in [-0.3, -0.25) is 4.79 Å². The first-order valence-corrected chi connectivity index (χ1v) is 9.92. The lowest BCUT2D eigenvalue weighted by molar-refractivity contribution is -0.116. The molecule has 2 rings (SSSR count). The molecule has 0 saturated heterocycles. The van der Waals surface area contributed by atoms with Crippen LogP contribution in [0.25, 0.3) is 0 Å². The summed E-state index contributed by atoms with van der Waals surface area (Å²) in [4.78, 5) is 12.4. The van der Waals surface area contributed by atoms with Gasteiger partial charge in [0.15, 0.2) is 0 Å². The van der Waals surface area contributed by atoms with Crippen molar-refractivity contribution >= 4 is 21.6 Å². The van der Waals surface area contributed by atoms with Gasteiger partial charge in [-0.05, 0) is 49.6 Å². The smallest absolute Gasteiger partial charge is 0.239 e. The second-order valence-electron chi connectivity index (χ2n) is 6.24. The van der Waals surface area contributed by atoms with E-state index in [1.54, 1.807) is 6.92 Å². The Hall–Kier alpha value is -2.18. The number of nitrogens with zero attached hydrogens (tertiary/aromatic N) is 1. The zero-order chi connectivity index (χ0) is 18.6. The molecule has 1 unspecified atom stereocenters. The summed E-state index contributed by atoms with van der Waals surface area (Å²) in [6, 6.07) is 14.4. The van der Waals surface area contributed by atoms with E-state index in [4.69, 9.17) is 0 Å². The normalized spacial score (nSPS) is 12.8. The first-order valence-electron chi connectivity index (χ1n) is 8.07. The number of hydrogen-bond acceptors (Lipinski definition) is 3. The quantitative estimate of drug-likeness (QED) is 0.860. The van der Waals surface area contributed by atoms with Gasteiger partial charge in [-0.15, -0.1) is 0 Å². The average Bonchev–Trinajstić information content (AvgIpc) is 2.55. The van der Waals surface area contributed by atoms with Crippen molar-refractivity contribution in [1.82, 2.24) is 4.31 Å². The zero-order valence-corrected chi connectivity index (χ0v) is 15.8. The van der Waals surface area contributed by atoms with E-state index in [2.05, 4.69) is 5.32 Å². The Bertz CT molecular complexity index is 848. The van der Waals surface area contributed by atoms with E-state index < -0.39 is 16.1 Å². The van der Waals surface area contributed by atoms with Crippen LogP contribution in [0.1, 0.15) is 29.7 Å². The molecule has 25 heavy (non-hydrogen) atoms. The Morgan fingerprint density at radius 2 is 1.72 bits per heavy atom. The van der Waals surface area contributed by atoms with E-state index in [9.17, 15) is 13.2 Å². The van der Waals surface area contributed by atoms with E-state index >= 15 is 0 Å². The molecular weight excluding hydrogens is 336 g/mol. The molecule has 0 spiro atoms. The maximum absolute atomic E-state index is 12.4. The highest BCUT2D eigenvalue weighted by molar-refractivity contribution is 7.88. The lowest BCUT2D eigenvalue weighted by atomic mass is 10.1. The second kappa shape index (κ2) is 7.80. The minimum atomic E-state index is -3.54. The highest BCUT2D eigenvalue weighted by Crippen LogP contribution is 2.22. The molecular formula is C19H24N2O3S. The van der Waals surface area contributed by atoms with Crippen LogP contribution in [0.15, 0.2) is 48.5 Å². The average molecular weight is 360 g/mol. The van der Waals surface area contributed by atoms with Gasteiger partial charge in [-0.2, -0.15) is 4.31 Å². The fourth-order valence-electron chi connectivity index (χ4n) is 2.60. The van der Waals surface area contributed by atoms with Crippen LogP contribution in [0.3, 0.4) is 0 Å². The first-order chi connectivity index (χ1) is 11.7. The molecule has 0 aromatic heterocycles. The molecule has 0 aliphatic carbocycles. The van der Waals surface area contributed by atoms with Crippen molar-refractivity contribution in [3.05, 3.63) is 65.2 Å². The minimum Gasteiger partial charge on any atom is -0.325 e. The van der Waals surface area contributed by atoms with Crippen molar-refractivity contribution in [2.24, 2.45) is 0 Å². The number of sulfonamides is 1. The van der Waals surface area contributed by atoms with E-state index in [0.717, 1.165) is 22.9 Å². The second-order valence-corrected chi connectivity index (χ2v) is 8.18. The molecule has 2 aromatic rings. The molecule has 134 valence electrons. The van der Waals surface area contributed by atoms with Crippen LogP contribution >= 0.6 is 0 Å². The standard InChI is InChI=1S/C19H24N2O3S/c1-14-10-11-18(12-15(14)2)20-19(22)13-21(25(4,23)24)16(3)17-8-6-5-7-9-17/h5-12,16H,13H2,1-4H3,(H,20,22). The molecule has 0 fully saturated rings. The summed E-state index contributed by atoms with van der Waals surface area (Å²) in [5.41, 5.74) is 3.70. The monoisotopic (exact) mass is 360 g/mol. The molecule has 6 heteroatoms. The lowest BCUT2D eigenvalue weighted by Gasteiger charge is -2.26. The number of carbonyl (C=O) groups excluding carboxylic acids is 1. The van der Waals surface area contributed by atoms with Gasteiger partial charge in [0.1, 0.15) is 0 Å². The number of amides is 1. The molecule has 0 aliphatic heterocycles. The number of nitrogens with one attached hydrogen (secondary N) is 1. The third-order valence-electron chi connectivity index (χ3n) is 4.23. The first kappa shape index (κ1) is 19.1. The zero-order valence-electron chi connectivity index (χ0n) is 15.0. The summed E-state index contributed by atoms with van der Waals surface area (Å²) in [5, 5.41) is 2.77. The maximum atomic E-state index is 12.4. The molecule has 1 amide bonds. The van der Waals surface area contributed by atoms with E-state index in [1.807, 2.05) is 62.4 Å². The number of benzene rings is 2. The SMILES string of the molecule is Cc1ccc(NC(=O)CN(C(C)c2ccccc2)S(C)(=O)=O)cc1C. The molecule has 1 atom stereocenters. The van der Waals surface area contributed by atoms with Crippen molar-refractivity contribution in [2.75, 3.05) is 18.1 Å². The molecule has 0 bridgehead atoms. The van der Waals surface area contributed by atoms with Crippen LogP contribution in [0.4, 0.5) is 5.69 Å². The topological polar surface area (TPSA) is 66.5 Å². The predicted octanol–water partition coefficient (Wildman–Crippen LogP) is 3.26. The third-order valence-corrected chi connectivity index (χ3v) is 5.53. The van der Waals surface area contributed by atoms with Crippen LogP contribution in [0, 0.1) is 13.8 Å². The Labute approximate surface area is 149 Å². The van der Waals surface area contributed by atoms with Gasteiger partial charge in [0.2, 0.25) is 15.9 Å². The Kier molecular flexibility index (Phi) is 5.98. The number of hydrogen-bond donors (Lipinski definition) is 1. The van der Waals surface area contributed by atoms with Gasteiger partial charge < -0.3 is 5.32 Å². The lowest BCUT2D eigenvalue weighted by Crippen LogP contribution is -2.39. The summed E-state index contributed by atoms with van der Waals surface area (Å²) in [6.07, 6.45) is 1.12. The van der Waals surface area contributed by atoms with Crippen LogP contribution in [0.5, 0.6) is 0 Å². The molecule has 0 radical (unpaired) electrons. The number of aryl methyl sites for hydroxylation is 2. The van der Waals surface area contributed by atoms with Crippen molar-refractivity contribution in [3.8, 4) is 0 Å². The van der Waals surface area contributed by atoms with Crippen LogP contribution in [0.2, 0.25) is 0 Å². The molecule has 0 saturated carbocycles. The van der Waals surface area contributed by atoms with Crippen LogP contribution in [-0.4, -0.2) is 31.4 Å². The number of anilines is 1. The van der Waals surface area contributed by atoms with Crippen molar-refractivity contribution < 1.29 is 13.2 Å². The number of rotatable bonds is 6. The molecule has 1 N–H and O–H groups in total. The molecule has 0 aliphatic rings. The highest BCUT2D eigenvalue weighted by Gasteiger charge is 2.26. The van der Waals surface area contributed by atoms with Crippen LogP contribution < -0.4 is 5.32 Å². The van der Waals surface area contributed by atoms with Gasteiger partial charge in [0, 0.05) is 11.7 Å². The summed E-state index contributed by atoms with van der Waals surface area (Å²) >= 11 is 0. The van der Waals surface area contributed by atoms with E-state index in [1.165, 1.54) is 4.31 Å². The van der Waals surface area contributed by atoms with E-state index in [-0.39, 0.29) is 12.5 Å².